The molecular weight excluding hydrogens is 481 g/mol. The highest BCUT2D eigenvalue weighted by Gasteiger charge is 2.31. The molecule has 10 heteroatoms. The summed E-state index contributed by atoms with van der Waals surface area (Å²) in [5, 5.41) is 0. The van der Waals surface area contributed by atoms with Crippen molar-refractivity contribution < 1.29 is 31.1 Å². The number of halogens is 3. The second-order valence-electron chi connectivity index (χ2n) is 9.13. The molecule has 1 heterocycles. The third-order valence-corrected chi connectivity index (χ3v) is 7.69. The topological polar surface area (TPSA) is 66.9 Å². The van der Waals surface area contributed by atoms with Crippen molar-refractivity contribution in [3.8, 4) is 5.75 Å². The third kappa shape index (κ3) is 6.09. The summed E-state index contributed by atoms with van der Waals surface area (Å²) in [4.78, 5) is 17.1. The van der Waals surface area contributed by atoms with Crippen molar-refractivity contribution in [2.75, 3.05) is 37.3 Å². The van der Waals surface area contributed by atoms with Crippen LogP contribution in [0.2, 0.25) is 0 Å². The second-order valence-corrected chi connectivity index (χ2v) is 11.1. The lowest BCUT2D eigenvalue weighted by Crippen LogP contribution is -2.49. The molecule has 1 aliphatic carbocycles. The molecule has 0 bridgehead atoms. The zero-order valence-corrected chi connectivity index (χ0v) is 20.4. The van der Waals surface area contributed by atoms with E-state index < -0.39 is 21.6 Å². The van der Waals surface area contributed by atoms with Gasteiger partial charge in [-0.05, 0) is 68.1 Å². The van der Waals surface area contributed by atoms with Gasteiger partial charge in [0.05, 0.1) is 22.1 Å². The Hall–Kier alpha value is -2.75. The molecule has 35 heavy (non-hydrogen) atoms. The molecule has 1 amide bonds. The van der Waals surface area contributed by atoms with Crippen molar-refractivity contribution in [1.29, 1.82) is 0 Å². The number of benzene rings is 2. The molecule has 0 radical (unpaired) electrons. The van der Waals surface area contributed by atoms with Gasteiger partial charge < -0.3 is 14.5 Å². The molecule has 1 saturated heterocycles. The molecule has 2 aromatic carbocycles. The number of anilines is 1. The molecule has 2 aliphatic rings. The highest BCUT2D eigenvalue weighted by atomic mass is 32.2. The smallest absolute Gasteiger partial charge is 0.416 e. The van der Waals surface area contributed by atoms with Crippen LogP contribution in [-0.2, 0) is 16.0 Å². The standard InChI is InChI=1S/C25H29F3N2O4S/c1-35(32,33)21-11-12-23(34-20-5-3-2-4-6-20)22(17-21)24(31)30-15-13-29(14-16-30)19-9-7-18(8-10-19)25(26,27)28/h7-12,17,20H,2-6,13-16H2,1H3. The van der Waals surface area contributed by atoms with Crippen LogP contribution >= 0.6 is 0 Å². The Morgan fingerprint density at radius 2 is 1.57 bits per heavy atom. The van der Waals surface area contributed by atoms with Crippen molar-refractivity contribution in [3.05, 3.63) is 53.6 Å². The SMILES string of the molecule is CS(=O)(=O)c1ccc(OC2CCCCC2)c(C(=O)N2CCN(c3ccc(C(F)(F)F)cc3)CC2)c1. The first kappa shape index (κ1) is 25.3. The molecule has 1 saturated carbocycles. The second kappa shape index (κ2) is 10.1. The summed E-state index contributed by atoms with van der Waals surface area (Å²) in [6.07, 6.45) is 1.77. The number of amides is 1. The van der Waals surface area contributed by atoms with E-state index in [-0.39, 0.29) is 22.5 Å². The predicted molar refractivity (Wildman–Crippen MR) is 127 cm³/mol. The van der Waals surface area contributed by atoms with E-state index in [4.69, 9.17) is 4.74 Å². The Morgan fingerprint density at radius 3 is 2.14 bits per heavy atom. The van der Waals surface area contributed by atoms with Crippen LogP contribution in [0, 0.1) is 0 Å². The molecule has 190 valence electrons. The van der Waals surface area contributed by atoms with Crippen LogP contribution in [0.5, 0.6) is 5.75 Å². The fourth-order valence-corrected chi connectivity index (χ4v) is 5.22. The molecule has 0 unspecified atom stereocenters. The van der Waals surface area contributed by atoms with E-state index in [9.17, 15) is 26.4 Å². The summed E-state index contributed by atoms with van der Waals surface area (Å²) in [6, 6.07) is 9.40. The summed E-state index contributed by atoms with van der Waals surface area (Å²) < 4.78 is 68.9. The lowest BCUT2D eigenvalue weighted by molar-refractivity contribution is -0.137. The summed E-state index contributed by atoms with van der Waals surface area (Å²) in [5.41, 5.74) is 0.179. The minimum Gasteiger partial charge on any atom is -0.490 e. The number of hydrogen-bond acceptors (Lipinski definition) is 5. The molecule has 0 aromatic heterocycles. The van der Waals surface area contributed by atoms with Gasteiger partial charge >= 0.3 is 6.18 Å². The van der Waals surface area contributed by atoms with Gasteiger partial charge in [-0.2, -0.15) is 13.2 Å². The molecule has 0 N–H and O–H groups in total. The maximum Gasteiger partial charge on any atom is 0.416 e. The number of sulfone groups is 1. The van der Waals surface area contributed by atoms with Gasteiger partial charge in [0, 0.05) is 38.1 Å². The summed E-state index contributed by atoms with van der Waals surface area (Å²) in [5.74, 6) is 0.0767. The number of rotatable bonds is 5. The molecule has 4 rings (SSSR count). The van der Waals surface area contributed by atoms with Crippen LogP contribution in [0.15, 0.2) is 47.4 Å². The molecule has 2 fully saturated rings. The number of ether oxygens (including phenoxy) is 1. The molecule has 6 nitrogen and oxygen atoms in total. The van der Waals surface area contributed by atoms with Crippen molar-refractivity contribution in [3.63, 3.8) is 0 Å². The number of hydrogen-bond donors (Lipinski definition) is 0. The first-order valence-electron chi connectivity index (χ1n) is 11.7. The fourth-order valence-electron chi connectivity index (χ4n) is 4.57. The van der Waals surface area contributed by atoms with Gasteiger partial charge in [-0.15, -0.1) is 0 Å². The van der Waals surface area contributed by atoms with Gasteiger partial charge in [-0.3, -0.25) is 4.79 Å². The first-order valence-corrected chi connectivity index (χ1v) is 13.6. The molecule has 2 aromatic rings. The highest BCUT2D eigenvalue weighted by Crippen LogP contribution is 2.32. The number of piperazine rings is 1. The van der Waals surface area contributed by atoms with Crippen LogP contribution in [0.25, 0.3) is 0 Å². The van der Waals surface area contributed by atoms with E-state index in [0.717, 1.165) is 50.5 Å². The Labute approximate surface area is 203 Å². The van der Waals surface area contributed by atoms with Gasteiger partial charge in [-0.25, -0.2) is 8.42 Å². The Balaban J connectivity index is 1.49. The maximum atomic E-state index is 13.4. The highest BCUT2D eigenvalue weighted by molar-refractivity contribution is 7.90. The number of nitrogens with zero attached hydrogens (tertiary/aromatic N) is 2. The average Bonchev–Trinajstić information content (AvgIpc) is 2.83. The predicted octanol–water partition coefficient (Wildman–Crippen LogP) is 4.78. The molecule has 0 spiro atoms. The zero-order valence-electron chi connectivity index (χ0n) is 19.6. The van der Waals surface area contributed by atoms with E-state index in [1.165, 1.54) is 24.3 Å². The van der Waals surface area contributed by atoms with Crippen LogP contribution in [0.3, 0.4) is 0 Å². The molecule has 1 aliphatic heterocycles. The maximum absolute atomic E-state index is 13.4. The van der Waals surface area contributed by atoms with Gasteiger partial charge in [-0.1, -0.05) is 6.42 Å². The third-order valence-electron chi connectivity index (χ3n) is 6.58. The monoisotopic (exact) mass is 510 g/mol. The minimum atomic E-state index is -4.39. The summed E-state index contributed by atoms with van der Waals surface area (Å²) in [7, 11) is -3.51. The minimum absolute atomic E-state index is 0.00380. The van der Waals surface area contributed by atoms with E-state index in [0.29, 0.717) is 37.6 Å². The summed E-state index contributed by atoms with van der Waals surface area (Å²) >= 11 is 0. The lowest BCUT2D eigenvalue weighted by atomic mass is 9.97. The zero-order chi connectivity index (χ0) is 25.2. The van der Waals surface area contributed by atoms with Crippen molar-refractivity contribution in [2.24, 2.45) is 0 Å². The van der Waals surface area contributed by atoms with Crippen LogP contribution < -0.4 is 9.64 Å². The van der Waals surface area contributed by atoms with Crippen LogP contribution in [0.1, 0.15) is 48.0 Å². The van der Waals surface area contributed by atoms with E-state index in [1.807, 2.05) is 4.90 Å². The Kier molecular flexibility index (Phi) is 7.30. The van der Waals surface area contributed by atoms with Crippen molar-refractivity contribution in [2.45, 2.75) is 49.3 Å². The van der Waals surface area contributed by atoms with Crippen LogP contribution in [-0.4, -0.2) is 57.8 Å². The number of carbonyl (C=O) groups excluding carboxylic acids is 1. The van der Waals surface area contributed by atoms with E-state index >= 15 is 0 Å². The lowest BCUT2D eigenvalue weighted by Gasteiger charge is -2.36. The van der Waals surface area contributed by atoms with Crippen molar-refractivity contribution in [1.82, 2.24) is 4.90 Å². The van der Waals surface area contributed by atoms with Crippen molar-refractivity contribution >= 4 is 21.4 Å². The Morgan fingerprint density at radius 1 is 0.943 bits per heavy atom. The van der Waals surface area contributed by atoms with Crippen LogP contribution in [0.4, 0.5) is 18.9 Å². The van der Waals surface area contributed by atoms with E-state index in [2.05, 4.69) is 0 Å². The van der Waals surface area contributed by atoms with Gasteiger partial charge in [0.15, 0.2) is 9.84 Å². The van der Waals surface area contributed by atoms with E-state index in [1.54, 1.807) is 11.0 Å². The van der Waals surface area contributed by atoms with Gasteiger partial charge in [0.2, 0.25) is 0 Å². The fraction of sp³-hybridized carbons (Fsp3) is 0.480. The largest absolute Gasteiger partial charge is 0.490 e. The molecular formula is C25H29F3N2O4S. The number of alkyl halides is 3. The molecule has 0 atom stereocenters. The van der Waals surface area contributed by atoms with Gasteiger partial charge in [0.1, 0.15) is 5.75 Å². The first-order chi connectivity index (χ1) is 16.5. The normalized spacial score (nSPS) is 17.9. The quantitative estimate of drug-likeness (QED) is 0.579. The average molecular weight is 511 g/mol. The number of carbonyl (C=O) groups is 1. The Bertz CT molecular complexity index is 1150. The van der Waals surface area contributed by atoms with Gasteiger partial charge in [0.25, 0.3) is 5.91 Å². The summed E-state index contributed by atoms with van der Waals surface area (Å²) in [6.45, 7) is 1.60.